The van der Waals surface area contributed by atoms with Crippen molar-refractivity contribution in [2.24, 2.45) is 4.99 Å². The van der Waals surface area contributed by atoms with E-state index < -0.39 is 6.10 Å². The van der Waals surface area contributed by atoms with Crippen molar-refractivity contribution in [1.29, 1.82) is 0 Å². The summed E-state index contributed by atoms with van der Waals surface area (Å²) in [6, 6.07) is 7.46. The van der Waals surface area contributed by atoms with Gasteiger partial charge in [-0.1, -0.05) is 12.1 Å². The third-order valence-electron chi connectivity index (χ3n) is 4.81. The van der Waals surface area contributed by atoms with Gasteiger partial charge in [-0.25, -0.2) is 0 Å². The molecule has 0 spiro atoms. The standard InChI is InChI=1S/C20H32N4O3.HI/c1-14(2)24-18(26)12-23(13-20(24,3)4)19(21-5)22-11-17(25)15-7-9-16(27-6)10-8-15;/h7-10,14,17,25H,11-13H2,1-6H3,(H,21,22);1H. The molecule has 1 aliphatic rings. The lowest BCUT2D eigenvalue weighted by Crippen LogP contribution is -2.66. The molecule has 0 saturated carbocycles. The molecule has 1 amide bonds. The molecule has 1 heterocycles. The van der Waals surface area contributed by atoms with E-state index in [4.69, 9.17) is 4.74 Å². The van der Waals surface area contributed by atoms with Gasteiger partial charge in [-0.05, 0) is 45.4 Å². The highest BCUT2D eigenvalue weighted by atomic mass is 127. The Kier molecular flexibility index (Phi) is 9.00. The van der Waals surface area contributed by atoms with Crippen LogP contribution < -0.4 is 10.1 Å². The number of carbonyl (C=O) groups excluding carboxylic acids is 1. The van der Waals surface area contributed by atoms with E-state index in [-0.39, 0.29) is 48.0 Å². The minimum atomic E-state index is -0.687. The van der Waals surface area contributed by atoms with Gasteiger partial charge in [-0.15, -0.1) is 24.0 Å². The summed E-state index contributed by atoms with van der Waals surface area (Å²) >= 11 is 0. The highest BCUT2D eigenvalue weighted by molar-refractivity contribution is 14.0. The second kappa shape index (κ2) is 10.3. The lowest BCUT2D eigenvalue weighted by molar-refractivity contribution is -0.145. The second-order valence-corrected chi connectivity index (χ2v) is 7.74. The van der Waals surface area contributed by atoms with Crippen molar-refractivity contribution in [3.63, 3.8) is 0 Å². The average molecular weight is 504 g/mol. The number of ether oxygens (including phenoxy) is 1. The minimum Gasteiger partial charge on any atom is -0.497 e. The molecule has 2 rings (SSSR count). The van der Waals surface area contributed by atoms with Crippen molar-refractivity contribution in [3.05, 3.63) is 29.8 Å². The zero-order valence-electron chi connectivity index (χ0n) is 17.6. The van der Waals surface area contributed by atoms with Gasteiger partial charge in [0.2, 0.25) is 5.91 Å². The van der Waals surface area contributed by atoms with Crippen molar-refractivity contribution >= 4 is 35.8 Å². The molecule has 1 aliphatic heterocycles. The zero-order chi connectivity index (χ0) is 20.2. The molecule has 28 heavy (non-hydrogen) atoms. The van der Waals surface area contributed by atoms with E-state index >= 15 is 0 Å². The Morgan fingerprint density at radius 3 is 2.39 bits per heavy atom. The number of halogens is 1. The average Bonchev–Trinajstić information content (AvgIpc) is 2.60. The third kappa shape index (κ3) is 5.73. The molecule has 0 radical (unpaired) electrons. The summed E-state index contributed by atoms with van der Waals surface area (Å²) in [6.07, 6.45) is -0.687. The van der Waals surface area contributed by atoms with Gasteiger partial charge in [0.15, 0.2) is 5.96 Å². The number of nitrogens with zero attached hydrogens (tertiary/aromatic N) is 3. The molecule has 1 aromatic carbocycles. The van der Waals surface area contributed by atoms with Crippen LogP contribution >= 0.6 is 24.0 Å². The third-order valence-corrected chi connectivity index (χ3v) is 4.81. The van der Waals surface area contributed by atoms with Crippen LogP contribution in [0, 0.1) is 0 Å². The lowest BCUT2D eigenvalue weighted by atomic mass is 9.96. The number of aliphatic hydroxyl groups is 1. The van der Waals surface area contributed by atoms with E-state index in [0.717, 1.165) is 11.3 Å². The maximum absolute atomic E-state index is 12.6. The van der Waals surface area contributed by atoms with Crippen LogP contribution in [0.3, 0.4) is 0 Å². The maximum atomic E-state index is 12.6. The number of guanidine groups is 1. The number of nitrogens with one attached hydrogen (secondary N) is 1. The van der Waals surface area contributed by atoms with Crippen molar-refractivity contribution in [2.45, 2.75) is 45.4 Å². The van der Waals surface area contributed by atoms with Crippen LogP contribution in [-0.4, -0.2) is 72.1 Å². The van der Waals surface area contributed by atoms with Gasteiger partial charge < -0.3 is 25.0 Å². The smallest absolute Gasteiger partial charge is 0.242 e. The molecule has 7 nitrogen and oxygen atoms in total. The Labute approximate surface area is 185 Å². The predicted molar refractivity (Wildman–Crippen MR) is 122 cm³/mol. The van der Waals surface area contributed by atoms with Crippen LogP contribution in [0.1, 0.15) is 39.4 Å². The van der Waals surface area contributed by atoms with Crippen molar-refractivity contribution in [1.82, 2.24) is 15.1 Å². The van der Waals surface area contributed by atoms with Crippen LogP contribution in [0.25, 0.3) is 0 Å². The Balaban J connectivity index is 0.00000392. The van der Waals surface area contributed by atoms with Gasteiger partial charge in [0.1, 0.15) is 5.75 Å². The van der Waals surface area contributed by atoms with Crippen molar-refractivity contribution in [2.75, 3.05) is 33.8 Å². The lowest BCUT2D eigenvalue weighted by Gasteiger charge is -2.49. The quantitative estimate of drug-likeness (QED) is 0.366. The highest BCUT2D eigenvalue weighted by Crippen LogP contribution is 2.24. The molecular weight excluding hydrogens is 471 g/mol. The number of aliphatic imine (C=N–C) groups is 1. The van der Waals surface area contributed by atoms with Crippen LogP contribution in [0.5, 0.6) is 5.75 Å². The topological polar surface area (TPSA) is 77.4 Å². The first-order chi connectivity index (χ1) is 12.7. The number of hydrogen-bond acceptors (Lipinski definition) is 4. The van der Waals surface area contributed by atoms with Gasteiger partial charge in [-0.3, -0.25) is 9.79 Å². The van der Waals surface area contributed by atoms with Crippen molar-refractivity contribution < 1.29 is 14.6 Å². The Morgan fingerprint density at radius 2 is 1.93 bits per heavy atom. The fraction of sp³-hybridized carbons (Fsp3) is 0.600. The summed E-state index contributed by atoms with van der Waals surface area (Å²) in [6.45, 7) is 9.46. The monoisotopic (exact) mass is 504 g/mol. The number of aliphatic hydroxyl groups excluding tert-OH is 1. The minimum absolute atomic E-state index is 0. The SMILES string of the molecule is CN=C(NCC(O)c1ccc(OC)cc1)N1CC(=O)N(C(C)C)C(C)(C)C1.I. The summed E-state index contributed by atoms with van der Waals surface area (Å²) < 4.78 is 5.14. The van der Waals surface area contributed by atoms with Gasteiger partial charge >= 0.3 is 0 Å². The fourth-order valence-corrected chi connectivity index (χ4v) is 3.78. The van der Waals surface area contributed by atoms with Gasteiger partial charge in [-0.2, -0.15) is 0 Å². The number of amides is 1. The first kappa shape index (κ1) is 24.5. The van der Waals surface area contributed by atoms with E-state index in [1.807, 2.05) is 47.9 Å². The van der Waals surface area contributed by atoms with Gasteiger partial charge in [0.25, 0.3) is 0 Å². The summed E-state index contributed by atoms with van der Waals surface area (Å²) in [7, 11) is 3.30. The largest absolute Gasteiger partial charge is 0.497 e. The van der Waals surface area contributed by atoms with Crippen molar-refractivity contribution in [3.8, 4) is 5.75 Å². The van der Waals surface area contributed by atoms with Crippen LogP contribution in [0.2, 0.25) is 0 Å². The maximum Gasteiger partial charge on any atom is 0.242 e. The second-order valence-electron chi connectivity index (χ2n) is 7.74. The van der Waals surface area contributed by atoms with E-state index in [2.05, 4.69) is 24.2 Å². The molecule has 1 unspecified atom stereocenters. The van der Waals surface area contributed by atoms with Crippen LogP contribution in [-0.2, 0) is 4.79 Å². The summed E-state index contributed by atoms with van der Waals surface area (Å²) in [5.74, 6) is 1.45. The molecule has 2 N–H and O–H groups in total. The molecule has 1 fully saturated rings. The molecule has 0 aliphatic carbocycles. The Hall–Kier alpha value is -1.55. The molecule has 158 valence electrons. The first-order valence-corrected chi connectivity index (χ1v) is 9.29. The first-order valence-electron chi connectivity index (χ1n) is 9.29. The number of piperazine rings is 1. The van der Waals surface area contributed by atoms with E-state index in [1.165, 1.54) is 0 Å². The molecule has 1 atom stereocenters. The summed E-state index contributed by atoms with van der Waals surface area (Å²) in [5.41, 5.74) is 0.496. The number of methoxy groups -OCH3 is 1. The Morgan fingerprint density at radius 1 is 1.32 bits per heavy atom. The molecule has 0 bridgehead atoms. The van der Waals surface area contributed by atoms with E-state index in [9.17, 15) is 9.90 Å². The number of hydrogen-bond donors (Lipinski definition) is 2. The molecule has 0 aromatic heterocycles. The molecule has 8 heteroatoms. The molecular formula is C20H33IN4O3. The van der Waals surface area contributed by atoms with E-state index in [1.54, 1.807) is 14.2 Å². The normalized spacial score (nSPS) is 18.0. The zero-order valence-corrected chi connectivity index (χ0v) is 19.9. The molecule has 1 saturated heterocycles. The fourth-order valence-electron chi connectivity index (χ4n) is 3.78. The summed E-state index contributed by atoms with van der Waals surface area (Å²) in [4.78, 5) is 20.8. The number of rotatable bonds is 5. The summed E-state index contributed by atoms with van der Waals surface area (Å²) in [5, 5.41) is 13.6. The van der Waals surface area contributed by atoms with Gasteiger partial charge in [0.05, 0.1) is 25.3 Å². The Bertz CT molecular complexity index is 677. The van der Waals surface area contributed by atoms with Crippen LogP contribution in [0.15, 0.2) is 29.3 Å². The molecule has 1 aromatic rings. The number of carbonyl (C=O) groups is 1. The van der Waals surface area contributed by atoms with E-state index in [0.29, 0.717) is 19.0 Å². The highest BCUT2D eigenvalue weighted by Gasteiger charge is 2.40. The van der Waals surface area contributed by atoms with Gasteiger partial charge in [0, 0.05) is 26.2 Å². The number of benzene rings is 1. The predicted octanol–water partition coefficient (Wildman–Crippen LogP) is 2.25. The van der Waals surface area contributed by atoms with Crippen LogP contribution in [0.4, 0.5) is 0 Å².